The highest BCUT2D eigenvalue weighted by Gasteiger charge is 2.19. The minimum atomic E-state index is -0.458. The third-order valence-electron chi connectivity index (χ3n) is 4.74. The summed E-state index contributed by atoms with van der Waals surface area (Å²) in [6, 6.07) is 14.4. The Bertz CT molecular complexity index is 830. The van der Waals surface area contributed by atoms with Crippen LogP contribution >= 0.6 is 0 Å². The Labute approximate surface area is 147 Å². The zero-order chi connectivity index (χ0) is 17.1. The molecule has 3 heterocycles. The van der Waals surface area contributed by atoms with E-state index in [1.165, 1.54) is 11.1 Å². The van der Waals surface area contributed by atoms with Crippen LogP contribution in [0.25, 0.3) is 11.3 Å². The molecule has 5 nitrogen and oxygen atoms in total. The Kier molecular flexibility index (Phi) is 4.59. The molecule has 0 amide bonds. The van der Waals surface area contributed by atoms with Gasteiger partial charge in [-0.3, -0.25) is 14.6 Å². The molecule has 0 aliphatic carbocycles. The van der Waals surface area contributed by atoms with E-state index in [0.717, 1.165) is 30.8 Å². The topological polar surface area (TPSA) is 54.2 Å². The molecule has 25 heavy (non-hydrogen) atoms. The molecule has 0 bridgehead atoms. The molecule has 1 atom stereocenters. The molecule has 0 fully saturated rings. The molecule has 0 spiro atoms. The summed E-state index contributed by atoms with van der Waals surface area (Å²) >= 11 is 0. The van der Waals surface area contributed by atoms with Gasteiger partial charge in [-0.25, -0.2) is 0 Å². The third-order valence-corrected chi connectivity index (χ3v) is 4.74. The van der Waals surface area contributed by atoms with E-state index in [0.29, 0.717) is 13.1 Å². The number of rotatable bonds is 5. The van der Waals surface area contributed by atoms with Crippen LogP contribution in [0.4, 0.5) is 0 Å². The zero-order valence-corrected chi connectivity index (χ0v) is 14.1. The van der Waals surface area contributed by atoms with Crippen molar-refractivity contribution in [2.24, 2.45) is 0 Å². The summed E-state index contributed by atoms with van der Waals surface area (Å²) in [4.78, 5) is 6.48. The summed E-state index contributed by atoms with van der Waals surface area (Å²) in [5.74, 6) is 0. The second-order valence-electron chi connectivity index (χ2n) is 6.55. The molecule has 1 aliphatic rings. The highest BCUT2D eigenvalue weighted by Crippen LogP contribution is 2.20. The highest BCUT2D eigenvalue weighted by molar-refractivity contribution is 5.57. The van der Waals surface area contributed by atoms with Crippen molar-refractivity contribution >= 4 is 0 Å². The average Bonchev–Trinajstić information content (AvgIpc) is 3.10. The molecule has 1 N–H and O–H groups in total. The predicted octanol–water partition coefficient (Wildman–Crippen LogP) is 2.36. The maximum absolute atomic E-state index is 10.6. The van der Waals surface area contributed by atoms with Crippen molar-refractivity contribution < 1.29 is 5.11 Å². The maximum atomic E-state index is 10.6. The molecule has 0 saturated carbocycles. The summed E-state index contributed by atoms with van der Waals surface area (Å²) in [5.41, 5.74) is 4.80. The molecular formula is C20H22N4O. The minimum Gasteiger partial charge on any atom is -0.390 e. The average molecular weight is 334 g/mol. The SMILES string of the molecule is OC(CN1CCc2ccccc2C1)Cn1nccc1-c1cccnc1. The molecule has 5 heteroatoms. The number of aliphatic hydroxyl groups excluding tert-OH is 1. The standard InChI is InChI=1S/C20H22N4O/c25-19(14-23-11-8-16-4-1-2-5-18(16)13-23)15-24-20(7-10-22-24)17-6-3-9-21-12-17/h1-7,9-10,12,19,25H,8,11,13-15H2. The Morgan fingerprint density at radius 2 is 1.88 bits per heavy atom. The number of hydrogen-bond acceptors (Lipinski definition) is 4. The molecule has 2 aromatic heterocycles. The monoisotopic (exact) mass is 334 g/mol. The molecule has 4 rings (SSSR count). The van der Waals surface area contributed by atoms with E-state index in [9.17, 15) is 5.11 Å². The zero-order valence-electron chi connectivity index (χ0n) is 14.1. The molecule has 1 aromatic carbocycles. The lowest BCUT2D eigenvalue weighted by Gasteiger charge is -2.30. The van der Waals surface area contributed by atoms with E-state index in [2.05, 4.69) is 39.2 Å². The van der Waals surface area contributed by atoms with Crippen molar-refractivity contribution in [1.82, 2.24) is 19.7 Å². The lowest BCUT2D eigenvalue weighted by molar-refractivity contribution is 0.0893. The Hall–Kier alpha value is -2.50. The molecule has 1 unspecified atom stereocenters. The van der Waals surface area contributed by atoms with E-state index in [1.54, 1.807) is 12.4 Å². The van der Waals surface area contributed by atoms with E-state index >= 15 is 0 Å². The normalized spacial score (nSPS) is 15.7. The fourth-order valence-corrected chi connectivity index (χ4v) is 3.50. The number of benzene rings is 1. The van der Waals surface area contributed by atoms with Crippen molar-refractivity contribution in [3.8, 4) is 11.3 Å². The van der Waals surface area contributed by atoms with Crippen molar-refractivity contribution in [2.45, 2.75) is 25.6 Å². The Morgan fingerprint density at radius 3 is 2.72 bits per heavy atom. The number of nitrogens with zero attached hydrogens (tertiary/aromatic N) is 4. The first-order valence-corrected chi connectivity index (χ1v) is 8.69. The van der Waals surface area contributed by atoms with Gasteiger partial charge >= 0.3 is 0 Å². The third kappa shape index (κ3) is 3.62. The summed E-state index contributed by atoms with van der Waals surface area (Å²) < 4.78 is 1.86. The molecule has 1 aliphatic heterocycles. The van der Waals surface area contributed by atoms with Crippen LogP contribution in [-0.2, 0) is 19.5 Å². The molecule has 0 saturated heterocycles. The fourth-order valence-electron chi connectivity index (χ4n) is 3.50. The van der Waals surface area contributed by atoms with Gasteiger partial charge in [-0.1, -0.05) is 24.3 Å². The quantitative estimate of drug-likeness (QED) is 0.778. The van der Waals surface area contributed by atoms with Gasteiger partial charge in [-0.15, -0.1) is 0 Å². The van der Waals surface area contributed by atoms with Gasteiger partial charge in [0.05, 0.1) is 18.3 Å². The van der Waals surface area contributed by atoms with E-state index < -0.39 is 6.10 Å². The van der Waals surface area contributed by atoms with Gasteiger partial charge in [0.2, 0.25) is 0 Å². The van der Waals surface area contributed by atoms with Crippen molar-refractivity contribution in [2.75, 3.05) is 13.1 Å². The smallest absolute Gasteiger partial charge is 0.0863 e. The number of pyridine rings is 1. The number of fused-ring (bicyclic) bond motifs is 1. The van der Waals surface area contributed by atoms with Crippen LogP contribution < -0.4 is 0 Å². The Balaban J connectivity index is 1.41. The Morgan fingerprint density at radius 1 is 1.00 bits per heavy atom. The highest BCUT2D eigenvalue weighted by atomic mass is 16.3. The largest absolute Gasteiger partial charge is 0.390 e. The van der Waals surface area contributed by atoms with Crippen LogP contribution in [0.15, 0.2) is 61.1 Å². The minimum absolute atomic E-state index is 0.458. The van der Waals surface area contributed by atoms with Crippen LogP contribution in [0, 0.1) is 0 Å². The van der Waals surface area contributed by atoms with Crippen LogP contribution in [0.1, 0.15) is 11.1 Å². The van der Waals surface area contributed by atoms with Crippen LogP contribution in [0.5, 0.6) is 0 Å². The van der Waals surface area contributed by atoms with Gasteiger partial charge in [0.1, 0.15) is 0 Å². The van der Waals surface area contributed by atoms with Crippen molar-refractivity contribution in [3.05, 3.63) is 72.2 Å². The van der Waals surface area contributed by atoms with Crippen molar-refractivity contribution in [1.29, 1.82) is 0 Å². The molecule has 128 valence electrons. The van der Waals surface area contributed by atoms with E-state index in [-0.39, 0.29) is 0 Å². The fraction of sp³-hybridized carbons (Fsp3) is 0.300. The number of β-amino-alcohol motifs (C(OH)–C–C–N with tert-alkyl or cyclic N) is 1. The second kappa shape index (κ2) is 7.17. The van der Waals surface area contributed by atoms with Crippen molar-refractivity contribution in [3.63, 3.8) is 0 Å². The van der Waals surface area contributed by atoms with Crippen LogP contribution in [0.3, 0.4) is 0 Å². The summed E-state index contributed by atoms with van der Waals surface area (Å²) in [5, 5.41) is 14.9. The number of aromatic nitrogens is 3. The van der Waals surface area contributed by atoms with Crippen LogP contribution in [-0.4, -0.2) is 44.0 Å². The summed E-state index contributed by atoms with van der Waals surface area (Å²) in [6.45, 7) is 3.03. The first kappa shape index (κ1) is 16.0. The number of aliphatic hydroxyl groups is 1. The summed E-state index contributed by atoms with van der Waals surface area (Å²) in [7, 11) is 0. The van der Waals surface area contributed by atoms with E-state index in [1.807, 2.05) is 29.1 Å². The maximum Gasteiger partial charge on any atom is 0.0863 e. The first-order chi connectivity index (χ1) is 12.3. The summed E-state index contributed by atoms with van der Waals surface area (Å²) in [6.07, 6.45) is 5.94. The molecule has 3 aromatic rings. The predicted molar refractivity (Wildman–Crippen MR) is 96.9 cm³/mol. The molecular weight excluding hydrogens is 312 g/mol. The van der Waals surface area contributed by atoms with Gasteiger partial charge in [0, 0.05) is 43.8 Å². The van der Waals surface area contributed by atoms with Gasteiger partial charge in [0.15, 0.2) is 0 Å². The van der Waals surface area contributed by atoms with Gasteiger partial charge in [-0.2, -0.15) is 5.10 Å². The lowest BCUT2D eigenvalue weighted by Crippen LogP contribution is -2.38. The van der Waals surface area contributed by atoms with Gasteiger partial charge in [0.25, 0.3) is 0 Å². The lowest BCUT2D eigenvalue weighted by atomic mass is 10.00. The van der Waals surface area contributed by atoms with Gasteiger partial charge < -0.3 is 5.11 Å². The first-order valence-electron chi connectivity index (χ1n) is 8.69. The second-order valence-corrected chi connectivity index (χ2v) is 6.55. The van der Waals surface area contributed by atoms with Gasteiger partial charge in [-0.05, 0) is 35.7 Å². The van der Waals surface area contributed by atoms with E-state index in [4.69, 9.17) is 0 Å². The number of hydrogen-bond donors (Lipinski definition) is 1. The molecule has 0 radical (unpaired) electrons. The van der Waals surface area contributed by atoms with Crippen LogP contribution in [0.2, 0.25) is 0 Å².